The number of rotatable bonds is 6. The highest BCUT2D eigenvalue weighted by atomic mass is 32.2. The predicted molar refractivity (Wildman–Crippen MR) is 68.5 cm³/mol. The molecule has 0 amide bonds. The largest absolute Gasteiger partial charge is 0.497 e. The van der Waals surface area contributed by atoms with Gasteiger partial charge in [0.1, 0.15) is 23.4 Å². The van der Waals surface area contributed by atoms with Crippen molar-refractivity contribution in [1.29, 1.82) is 0 Å². The monoisotopic (exact) mass is 275 g/mol. The lowest BCUT2D eigenvalue weighted by Crippen LogP contribution is -2.26. The lowest BCUT2D eigenvalue weighted by atomic mass is 10.2. The van der Waals surface area contributed by atoms with Crippen LogP contribution in [0.4, 0.5) is 5.69 Å². The highest BCUT2D eigenvalue weighted by Gasteiger charge is 2.18. The van der Waals surface area contributed by atoms with Crippen molar-refractivity contribution in [3.63, 3.8) is 0 Å². The van der Waals surface area contributed by atoms with E-state index in [2.05, 4.69) is 0 Å². The molecular weight excluding hydrogens is 258 g/mol. The molecule has 0 spiro atoms. The number of methoxy groups -OCH3 is 1. The van der Waals surface area contributed by atoms with Gasteiger partial charge in [0.25, 0.3) is 10.1 Å². The van der Waals surface area contributed by atoms with E-state index in [-0.39, 0.29) is 0 Å². The highest BCUT2D eigenvalue weighted by molar-refractivity contribution is 7.85. The summed E-state index contributed by atoms with van der Waals surface area (Å²) < 4.78 is 40.8. The van der Waals surface area contributed by atoms with Gasteiger partial charge >= 0.3 is 0 Å². The molecule has 102 valence electrons. The van der Waals surface area contributed by atoms with E-state index >= 15 is 0 Å². The molecule has 0 fully saturated rings. The summed E-state index contributed by atoms with van der Waals surface area (Å²) in [4.78, 5) is 0. The fourth-order valence-corrected chi connectivity index (χ4v) is 2.18. The molecule has 1 aromatic rings. The third-order valence-corrected chi connectivity index (χ3v) is 3.16. The Morgan fingerprint density at radius 2 is 2.11 bits per heavy atom. The SMILES string of the molecule is CCC(CS(=O)(=O)O)Oc1ccc(OC)cc1N. The number of nitrogen functional groups attached to an aromatic ring is 1. The normalized spacial score (nSPS) is 13.1. The minimum absolute atomic E-state index is 0.350. The van der Waals surface area contributed by atoms with Crippen LogP contribution >= 0.6 is 0 Å². The summed E-state index contributed by atoms with van der Waals surface area (Å²) in [7, 11) is -2.56. The Hall–Kier alpha value is -1.47. The summed E-state index contributed by atoms with van der Waals surface area (Å²) in [6.07, 6.45) is -0.207. The maximum atomic E-state index is 10.8. The second-order valence-electron chi connectivity index (χ2n) is 3.80. The standard InChI is InChI=1S/C11H17NO5S/c1-3-8(7-18(13,14)15)17-11-5-4-9(16-2)6-10(11)12/h4-6,8H,3,7,12H2,1-2H3,(H,13,14,15). The van der Waals surface area contributed by atoms with Crippen molar-refractivity contribution in [2.24, 2.45) is 0 Å². The minimum Gasteiger partial charge on any atom is -0.497 e. The fourth-order valence-electron chi connectivity index (χ4n) is 1.41. The van der Waals surface area contributed by atoms with Gasteiger partial charge in [0.15, 0.2) is 0 Å². The third kappa shape index (κ3) is 4.42. The average Bonchev–Trinajstić information content (AvgIpc) is 2.28. The number of benzene rings is 1. The van der Waals surface area contributed by atoms with Crippen molar-refractivity contribution in [3.05, 3.63) is 18.2 Å². The molecule has 1 rings (SSSR count). The van der Waals surface area contributed by atoms with Crippen LogP contribution < -0.4 is 15.2 Å². The van der Waals surface area contributed by atoms with Crippen molar-refractivity contribution in [3.8, 4) is 11.5 Å². The van der Waals surface area contributed by atoms with Gasteiger partial charge in [0.05, 0.1) is 12.8 Å². The van der Waals surface area contributed by atoms with E-state index in [0.717, 1.165) is 0 Å². The topological polar surface area (TPSA) is 98.9 Å². The summed E-state index contributed by atoms with van der Waals surface area (Å²) in [6.45, 7) is 1.76. The summed E-state index contributed by atoms with van der Waals surface area (Å²) in [5, 5.41) is 0. The highest BCUT2D eigenvalue weighted by Crippen LogP contribution is 2.27. The van der Waals surface area contributed by atoms with Crippen molar-refractivity contribution < 1.29 is 22.4 Å². The van der Waals surface area contributed by atoms with Gasteiger partial charge in [-0.25, -0.2) is 0 Å². The van der Waals surface area contributed by atoms with Crippen LogP contribution in [-0.4, -0.2) is 31.9 Å². The first-order chi connectivity index (χ1) is 8.35. The molecule has 1 atom stereocenters. The van der Waals surface area contributed by atoms with Crippen LogP contribution in [0.1, 0.15) is 13.3 Å². The fraction of sp³-hybridized carbons (Fsp3) is 0.455. The Labute approximate surface area is 106 Å². The van der Waals surface area contributed by atoms with E-state index < -0.39 is 22.0 Å². The third-order valence-electron chi connectivity index (χ3n) is 2.36. The van der Waals surface area contributed by atoms with Gasteiger partial charge in [0.2, 0.25) is 0 Å². The lowest BCUT2D eigenvalue weighted by Gasteiger charge is -2.17. The molecule has 0 aliphatic rings. The molecule has 0 saturated carbocycles. The van der Waals surface area contributed by atoms with Crippen LogP contribution in [0.5, 0.6) is 11.5 Å². The van der Waals surface area contributed by atoms with E-state index in [0.29, 0.717) is 23.6 Å². The Kier molecular flexibility index (Phi) is 4.80. The van der Waals surface area contributed by atoms with E-state index in [1.54, 1.807) is 25.1 Å². The Morgan fingerprint density at radius 1 is 1.44 bits per heavy atom. The first kappa shape index (κ1) is 14.6. The smallest absolute Gasteiger partial charge is 0.268 e. The van der Waals surface area contributed by atoms with Crippen molar-refractivity contribution in [2.75, 3.05) is 18.6 Å². The zero-order chi connectivity index (χ0) is 13.8. The summed E-state index contributed by atoms with van der Waals surface area (Å²) in [5.74, 6) is 0.489. The molecule has 0 aliphatic carbocycles. The number of anilines is 1. The van der Waals surface area contributed by atoms with Gasteiger partial charge in [-0.2, -0.15) is 8.42 Å². The van der Waals surface area contributed by atoms with E-state index in [1.165, 1.54) is 7.11 Å². The molecule has 0 saturated heterocycles. The van der Waals surface area contributed by atoms with E-state index in [1.807, 2.05) is 0 Å². The molecule has 0 radical (unpaired) electrons. The molecule has 0 bridgehead atoms. The Bertz CT molecular complexity index is 500. The van der Waals surface area contributed by atoms with Crippen LogP contribution in [-0.2, 0) is 10.1 Å². The van der Waals surface area contributed by atoms with E-state index in [9.17, 15) is 8.42 Å². The molecule has 6 nitrogen and oxygen atoms in total. The summed E-state index contributed by atoms with van der Waals surface area (Å²) in [6, 6.07) is 4.84. The van der Waals surface area contributed by atoms with Gasteiger partial charge in [-0.1, -0.05) is 6.92 Å². The van der Waals surface area contributed by atoms with Crippen LogP contribution in [0.3, 0.4) is 0 Å². The molecular formula is C11H17NO5S. The molecule has 3 N–H and O–H groups in total. The van der Waals surface area contributed by atoms with Crippen molar-refractivity contribution >= 4 is 15.8 Å². The van der Waals surface area contributed by atoms with Gasteiger partial charge in [-0.15, -0.1) is 0 Å². The lowest BCUT2D eigenvalue weighted by molar-refractivity contribution is 0.218. The maximum absolute atomic E-state index is 10.8. The predicted octanol–water partition coefficient (Wildman–Crippen LogP) is 1.32. The molecule has 0 aliphatic heterocycles. The van der Waals surface area contributed by atoms with Crippen LogP contribution in [0.15, 0.2) is 18.2 Å². The minimum atomic E-state index is -4.07. The molecule has 18 heavy (non-hydrogen) atoms. The van der Waals surface area contributed by atoms with Gasteiger partial charge in [0, 0.05) is 6.07 Å². The second-order valence-corrected chi connectivity index (χ2v) is 5.30. The quantitative estimate of drug-likeness (QED) is 0.600. The number of hydrogen-bond donors (Lipinski definition) is 2. The summed E-state index contributed by atoms with van der Waals surface area (Å²) >= 11 is 0. The molecule has 7 heteroatoms. The van der Waals surface area contributed by atoms with Crippen molar-refractivity contribution in [2.45, 2.75) is 19.4 Å². The van der Waals surface area contributed by atoms with Crippen molar-refractivity contribution in [1.82, 2.24) is 0 Å². The van der Waals surface area contributed by atoms with E-state index in [4.69, 9.17) is 19.8 Å². The van der Waals surface area contributed by atoms with Crippen LogP contribution in [0.2, 0.25) is 0 Å². The zero-order valence-electron chi connectivity index (χ0n) is 10.3. The molecule has 0 heterocycles. The van der Waals surface area contributed by atoms with Crippen LogP contribution in [0.25, 0.3) is 0 Å². The number of hydrogen-bond acceptors (Lipinski definition) is 5. The summed E-state index contributed by atoms with van der Waals surface area (Å²) in [5.41, 5.74) is 6.10. The van der Waals surface area contributed by atoms with Gasteiger partial charge < -0.3 is 15.2 Å². The first-order valence-electron chi connectivity index (χ1n) is 5.41. The molecule has 1 unspecified atom stereocenters. The number of ether oxygens (including phenoxy) is 2. The Balaban J connectivity index is 2.82. The Morgan fingerprint density at radius 3 is 2.56 bits per heavy atom. The molecule has 0 aromatic heterocycles. The average molecular weight is 275 g/mol. The van der Waals surface area contributed by atoms with Gasteiger partial charge in [-0.05, 0) is 18.6 Å². The first-order valence-corrected chi connectivity index (χ1v) is 7.02. The van der Waals surface area contributed by atoms with Crippen LogP contribution in [0, 0.1) is 0 Å². The zero-order valence-corrected chi connectivity index (χ0v) is 11.1. The van der Waals surface area contributed by atoms with Gasteiger partial charge in [-0.3, -0.25) is 4.55 Å². The second kappa shape index (κ2) is 5.92. The molecule has 1 aromatic carbocycles. The maximum Gasteiger partial charge on any atom is 0.268 e. The number of nitrogens with two attached hydrogens (primary N) is 1.